The molecule has 1 aromatic carbocycles. The van der Waals surface area contributed by atoms with Gasteiger partial charge in [0.15, 0.2) is 5.82 Å². The van der Waals surface area contributed by atoms with Gasteiger partial charge in [-0.05, 0) is 62.5 Å². The normalized spacial score (nSPS) is 20.1. The molecule has 8 heteroatoms. The van der Waals surface area contributed by atoms with E-state index in [0.29, 0.717) is 11.7 Å². The van der Waals surface area contributed by atoms with Crippen molar-refractivity contribution in [1.82, 2.24) is 34.4 Å². The number of rotatable bonds is 5. The van der Waals surface area contributed by atoms with E-state index in [1.165, 1.54) is 32.4 Å². The van der Waals surface area contributed by atoms with Crippen molar-refractivity contribution in [1.29, 1.82) is 0 Å². The van der Waals surface area contributed by atoms with Crippen molar-refractivity contribution in [3.05, 3.63) is 66.9 Å². The lowest BCUT2D eigenvalue weighted by Crippen LogP contribution is -2.43. The second-order valence-electron chi connectivity index (χ2n) is 9.73. The first-order valence-corrected chi connectivity index (χ1v) is 12.3. The number of pyridine rings is 2. The number of hydrogen-bond acceptors (Lipinski definition) is 7. The highest BCUT2D eigenvalue weighted by Gasteiger charge is 2.36. The molecule has 0 atom stereocenters. The second kappa shape index (κ2) is 8.09. The van der Waals surface area contributed by atoms with Crippen LogP contribution in [0.5, 0.6) is 0 Å². The molecule has 2 aliphatic rings. The Morgan fingerprint density at radius 1 is 0.943 bits per heavy atom. The maximum Gasteiger partial charge on any atom is 0.153 e. The summed E-state index contributed by atoms with van der Waals surface area (Å²) in [5, 5.41) is 5.61. The third-order valence-corrected chi connectivity index (χ3v) is 7.44. The molecule has 5 aromatic rings. The van der Waals surface area contributed by atoms with Crippen LogP contribution in [-0.2, 0) is 0 Å². The van der Waals surface area contributed by atoms with Gasteiger partial charge in [0.2, 0.25) is 0 Å². The maximum atomic E-state index is 6.36. The van der Waals surface area contributed by atoms with Gasteiger partial charge < -0.3 is 10.6 Å². The average Bonchev–Trinajstić information content (AvgIpc) is 3.22. The van der Waals surface area contributed by atoms with Gasteiger partial charge >= 0.3 is 0 Å². The molecular weight excluding hydrogens is 436 g/mol. The lowest BCUT2D eigenvalue weighted by molar-refractivity contribution is 0.107. The predicted molar refractivity (Wildman–Crippen MR) is 136 cm³/mol. The Bertz CT molecular complexity index is 1530. The van der Waals surface area contributed by atoms with Gasteiger partial charge in [-0.1, -0.05) is 24.3 Å². The summed E-state index contributed by atoms with van der Waals surface area (Å²) in [4.78, 5) is 21.3. The summed E-state index contributed by atoms with van der Waals surface area (Å²) in [6, 6.07) is 16.2. The Balaban J connectivity index is 1.27. The van der Waals surface area contributed by atoms with E-state index >= 15 is 0 Å². The summed E-state index contributed by atoms with van der Waals surface area (Å²) in [5.41, 5.74) is 11.5. The number of nitrogens with two attached hydrogens (primary N) is 1. The molecule has 0 unspecified atom stereocenters. The lowest BCUT2D eigenvalue weighted by atomic mass is 9.74. The highest BCUT2D eigenvalue weighted by Crippen LogP contribution is 2.43. The highest BCUT2D eigenvalue weighted by molar-refractivity contribution is 5.91. The third-order valence-electron chi connectivity index (χ3n) is 7.44. The molecule has 4 aromatic heterocycles. The van der Waals surface area contributed by atoms with Crippen molar-refractivity contribution in [3.8, 4) is 22.6 Å². The molecule has 2 N–H and O–H groups in total. The number of anilines is 1. The number of likely N-dealkylation sites (tertiary alicyclic amines) is 1. The Morgan fingerprint density at radius 3 is 2.63 bits per heavy atom. The fraction of sp³-hybridized carbons (Fsp3) is 0.296. The van der Waals surface area contributed by atoms with Crippen LogP contribution in [0.4, 0.5) is 5.82 Å². The molecule has 0 spiro atoms. The van der Waals surface area contributed by atoms with E-state index < -0.39 is 0 Å². The minimum absolute atomic E-state index is 0.395. The highest BCUT2D eigenvalue weighted by atomic mass is 15.3. The Labute approximate surface area is 202 Å². The Hall–Kier alpha value is -3.91. The van der Waals surface area contributed by atoms with E-state index in [4.69, 9.17) is 15.7 Å². The summed E-state index contributed by atoms with van der Waals surface area (Å²) in [5.74, 6) is 2.57. The summed E-state index contributed by atoms with van der Waals surface area (Å²) in [6.07, 6.45) is 6.93. The van der Waals surface area contributed by atoms with Crippen LogP contribution in [0.1, 0.15) is 31.0 Å². The standard InChI is InChI=1S/C27H26N8/c28-26-25-24(19-6-5-18-7-8-22(32-23(18)14-19)21-4-1-2-9-29-21)33-27(35(25)31-16-30-26)20-12-17(13-20)15-34-10-3-11-34/h1-2,4-9,14,16-17,20H,3,10-13,15H2,(H2,28,30,31). The molecule has 5 heterocycles. The van der Waals surface area contributed by atoms with Crippen molar-refractivity contribution in [2.45, 2.75) is 25.2 Å². The fourth-order valence-corrected chi connectivity index (χ4v) is 5.39. The van der Waals surface area contributed by atoms with Crippen molar-refractivity contribution >= 4 is 22.2 Å². The maximum absolute atomic E-state index is 6.36. The zero-order valence-electron chi connectivity index (χ0n) is 19.4. The van der Waals surface area contributed by atoms with Crippen LogP contribution < -0.4 is 5.73 Å². The number of imidazole rings is 1. The molecule has 8 nitrogen and oxygen atoms in total. The number of nitrogen functional groups attached to an aromatic ring is 1. The van der Waals surface area contributed by atoms with Gasteiger partial charge in [0.05, 0.1) is 16.9 Å². The summed E-state index contributed by atoms with van der Waals surface area (Å²) in [6.45, 7) is 3.71. The number of benzene rings is 1. The van der Waals surface area contributed by atoms with Crippen molar-refractivity contribution in [2.75, 3.05) is 25.4 Å². The fourth-order valence-electron chi connectivity index (χ4n) is 5.39. The molecule has 35 heavy (non-hydrogen) atoms. The van der Waals surface area contributed by atoms with E-state index in [1.807, 2.05) is 28.8 Å². The minimum Gasteiger partial charge on any atom is -0.382 e. The molecule has 0 amide bonds. The van der Waals surface area contributed by atoms with E-state index in [2.05, 4.69) is 44.2 Å². The molecule has 2 fully saturated rings. The molecule has 0 bridgehead atoms. The monoisotopic (exact) mass is 462 g/mol. The molecule has 1 saturated carbocycles. The number of aromatic nitrogens is 6. The van der Waals surface area contributed by atoms with Crippen LogP contribution in [0.15, 0.2) is 61.1 Å². The van der Waals surface area contributed by atoms with Crippen LogP contribution in [0.3, 0.4) is 0 Å². The first-order valence-electron chi connectivity index (χ1n) is 12.3. The van der Waals surface area contributed by atoms with E-state index in [1.54, 1.807) is 6.20 Å². The molecule has 1 saturated heterocycles. The lowest BCUT2D eigenvalue weighted by Gasteiger charge is -2.41. The topological polar surface area (TPSA) is 98.1 Å². The zero-order valence-corrected chi connectivity index (χ0v) is 19.4. The largest absolute Gasteiger partial charge is 0.382 e. The third kappa shape index (κ3) is 3.52. The molecule has 174 valence electrons. The van der Waals surface area contributed by atoms with E-state index in [9.17, 15) is 0 Å². The average molecular weight is 463 g/mol. The summed E-state index contributed by atoms with van der Waals surface area (Å²) in [7, 11) is 0. The molecule has 1 aliphatic carbocycles. The second-order valence-corrected chi connectivity index (χ2v) is 9.73. The minimum atomic E-state index is 0.395. The first kappa shape index (κ1) is 20.5. The van der Waals surface area contributed by atoms with Crippen molar-refractivity contribution in [2.24, 2.45) is 5.92 Å². The van der Waals surface area contributed by atoms with Gasteiger partial charge in [-0.25, -0.2) is 19.5 Å². The summed E-state index contributed by atoms with van der Waals surface area (Å²) < 4.78 is 1.91. The molecule has 1 aliphatic heterocycles. The van der Waals surface area contributed by atoms with Gasteiger partial charge in [0.25, 0.3) is 0 Å². The number of hydrogen-bond donors (Lipinski definition) is 1. The zero-order chi connectivity index (χ0) is 23.4. The first-order chi connectivity index (χ1) is 17.2. The predicted octanol–water partition coefficient (Wildman–Crippen LogP) is 4.18. The van der Waals surface area contributed by atoms with Gasteiger partial charge in [-0.15, -0.1) is 0 Å². The molecule has 0 radical (unpaired) electrons. The quantitative estimate of drug-likeness (QED) is 0.418. The van der Waals surface area contributed by atoms with Crippen LogP contribution in [0.25, 0.3) is 39.1 Å². The smallest absolute Gasteiger partial charge is 0.153 e. The molecular formula is C27H26N8. The van der Waals surface area contributed by atoms with E-state index in [0.717, 1.165) is 63.6 Å². The Kier molecular flexibility index (Phi) is 4.73. The number of fused-ring (bicyclic) bond motifs is 2. The van der Waals surface area contributed by atoms with Crippen LogP contribution in [-0.4, -0.2) is 54.1 Å². The van der Waals surface area contributed by atoms with E-state index in [-0.39, 0.29) is 0 Å². The molecule has 7 rings (SSSR count). The SMILES string of the molecule is Nc1ncnn2c(C3CC(CN4CCC4)C3)nc(-c3ccc4ccc(-c5ccccn5)nc4c3)c12. The summed E-state index contributed by atoms with van der Waals surface area (Å²) >= 11 is 0. The van der Waals surface area contributed by atoms with Gasteiger partial charge in [-0.3, -0.25) is 4.98 Å². The van der Waals surface area contributed by atoms with Gasteiger partial charge in [0.1, 0.15) is 23.4 Å². The van der Waals surface area contributed by atoms with Gasteiger partial charge in [-0.2, -0.15) is 5.10 Å². The Morgan fingerprint density at radius 2 is 1.83 bits per heavy atom. The van der Waals surface area contributed by atoms with Crippen LogP contribution >= 0.6 is 0 Å². The number of nitrogens with zero attached hydrogens (tertiary/aromatic N) is 7. The van der Waals surface area contributed by atoms with Crippen LogP contribution in [0.2, 0.25) is 0 Å². The van der Waals surface area contributed by atoms with Gasteiger partial charge in [0, 0.05) is 29.6 Å². The van der Waals surface area contributed by atoms with Crippen LogP contribution in [0, 0.1) is 5.92 Å². The van der Waals surface area contributed by atoms with Crippen molar-refractivity contribution < 1.29 is 0 Å². The van der Waals surface area contributed by atoms with Crippen molar-refractivity contribution in [3.63, 3.8) is 0 Å².